The number of aromatic nitrogens is 1. The summed E-state index contributed by atoms with van der Waals surface area (Å²) in [5, 5.41) is 3.08. The van der Waals surface area contributed by atoms with E-state index in [0.717, 1.165) is 18.4 Å². The van der Waals surface area contributed by atoms with E-state index in [2.05, 4.69) is 19.8 Å². The van der Waals surface area contributed by atoms with Crippen LogP contribution in [-0.4, -0.2) is 17.2 Å². The van der Waals surface area contributed by atoms with Crippen LogP contribution in [0.15, 0.2) is 60.8 Å². The SMILES string of the molecule is O=C(Nc1ccc(-c2cc3c(cc2Cl)OC(F)(F)O3)cn1)C1(c2ccccc2)CC1. The van der Waals surface area contributed by atoms with E-state index in [4.69, 9.17) is 11.6 Å². The summed E-state index contributed by atoms with van der Waals surface area (Å²) in [5.41, 5.74) is 1.53. The van der Waals surface area contributed by atoms with Crippen molar-refractivity contribution in [3.05, 3.63) is 71.4 Å². The van der Waals surface area contributed by atoms with Crippen LogP contribution in [0, 0.1) is 0 Å². The smallest absolute Gasteiger partial charge is 0.395 e. The molecule has 152 valence electrons. The highest BCUT2D eigenvalue weighted by atomic mass is 35.5. The number of fused-ring (bicyclic) bond motifs is 1. The lowest BCUT2D eigenvalue weighted by Crippen LogP contribution is -2.28. The maximum Gasteiger partial charge on any atom is 0.586 e. The summed E-state index contributed by atoms with van der Waals surface area (Å²) >= 11 is 6.22. The predicted molar refractivity (Wildman–Crippen MR) is 107 cm³/mol. The van der Waals surface area contributed by atoms with E-state index in [0.29, 0.717) is 16.9 Å². The van der Waals surface area contributed by atoms with Crippen LogP contribution in [0.4, 0.5) is 14.6 Å². The number of rotatable bonds is 4. The maximum absolute atomic E-state index is 13.3. The van der Waals surface area contributed by atoms with Crippen LogP contribution < -0.4 is 14.8 Å². The minimum absolute atomic E-state index is 0.0997. The van der Waals surface area contributed by atoms with Gasteiger partial charge in [0.2, 0.25) is 5.91 Å². The Balaban J connectivity index is 1.35. The van der Waals surface area contributed by atoms with Crippen molar-refractivity contribution in [2.45, 2.75) is 24.6 Å². The van der Waals surface area contributed by atoms with Gasteiger partial charge < -0.3 is 14.8 Å². The van der Waals surface area contributed by atoms with Crippen molar-refractivity contribution < 1.29 is 23.0 Å². The fourth-order valence-electron chi connectivity index (χ4n) is 3.58. The quantitative estimate of drug-likeness (QED) is 0.605. The molecule has 1 saturated carbocycles. The van der Waals surface area contributed by atoms with E-state index in [1.165, 1.54) is 18.3 Å². The van der Waals surface area contributed by atoms with Crippen LogP contribution in [0.3, 0.4) is 0 Å². The molecule has 8 heteroatoms. The van der Waals surface area contributed by atoms with Gasteiger partial charge in [-0.2, -0.15) is 0 Å². The Morgan fingerprint density at radius 3 is 2.37 bits per heavy atom. The average molecular weight is 429 g/mol. The first kappa shape index (κ1) is 18.8. The molecule has 0 saturated heterocycles. The fourth-order valence-corrected chi connectivity index (χ4v) is 3.85. The molecule has 2 aromatic carbocycles. The third-order valence-corrected chi connectivity index (χ3v) is 5.63. The summed E-state index contributed by atoms with van der Waals surface area (Å²) in [6, 6.07) is 15.7. The van der Waals surface area contributed by atoms with Gasteiger partial charge in [0.1, 0.15) is 5.82 Å². The number of hydrogen-bond donors (Lipinski definition) is 1. The van der Waals surface area contributed by atoms with E-state index < -0.39 is 11.7 Å². The monoisotopic (exact) mass is 428 g/mol. The molecule has 1 aliphatic heterocycles. The summed E-state index contributed by atoms with van der Waals surface area (Å²) in [4.78, 5) is 17.1. The second-order valence-corrected chi connectivity index (χ2v) is 7.69. The van der Waals surface area contributed by atoms with Crippen molar-refractivity contribution >= 4 is 23.3 Å². The highest BCUT2D eigenvalue weighted by Crippen LogP contribution is 2.49. The first-order chi connectivity index (χ1) is 14.4. The second kappa shape index (κ2) is 6.67. The third kappa shape index (κ3) is 3.25. The standard InChI is InChI=1S/C22H15ClF2N2O3/c23-16-11-18-17(29-22(24,25)30-18)10-15(16)13-6-7-19(26-12-13)27-20(28)21(8-9-21)14-4-2-1-3-5-14/h1-7,10-12H,8-9H2,(H,26,27,28). The van der Waals surface area contributed by atoms with E-state index in [9.17, 15) is 13.6 Å². The zero-order valence-corrected chi connectivity index (χ0v) is 16.2. The molecular weight excluding hydrogens is 414 g/mol. The minimum atomic E-state index is -3.71. The summed E-state index contributed by atoms with van der Waals surface area (Å²) < 4.78 is 35.4. The zero-order valence-electron chi connectivity index (χ0n) is 15.5. The average Bonchev–Trinajstić information content (AvgIpc) is 3.48. The summed E-state index contributed by atoms with van der Waals surface area (Å²) in [6.07, 6.45) is -0.621. The molecule has 1 amide bonds. The Labute approximate surface area is 175 Å². The van der Waals surface area contributed by atoms with Crippen LogP contribution in [0.5, 0.6) is 11.5 Å². The van der Waals surface area contributed by atoms with Gasteiger partial charge in [-0.15, -0.1) is 8.78 Å². The number of benzene rings is 2. The number of hydrogen-bond acceptors (Lipinski definition) is 4. The number of carbonyl (C=O) groups excluding carboxylic acids is 1. The summed E-state index contributed by atoms with van der Waals surface area (Å²) in [6.45, 7) is 0. The molecule has 3 aromatic rings. The summed E-state index contributed by atoms with van der Waals surface area (Å²) in [5.74, 6) is 0.0724. The molecule has 2 aliphatic rings. The Morgan fingerprint density at radius 2 is 1.73 bits per heavy atom. The second-order valence-electron chi connectivity index (χ2n) is 7.28. The molecule has 5 rings (SSSR count). The van der Waals surface area contributed by atoms with Gasteiger partial charge in [0.15, 0.2) is 11.5 Å². The van der Waals surface area contributed by atoms with Gasteiger partial charge >= 0.3 is 6.29 Å². The van der Waals surface area contributed by atoms with Crippen LogP contribution in [0.1, 0.15) is 18.4 Å². The topological polar surface area (TPSA) is 60.5 Å². The normalized spacial score (nSPS) is 17.4. The molecule has 2 heterocycles. The molecule has 0 radical (unpaired) electrons. The molecule has 1 aliphatic carbocycles. The van der Waals surface area contributed by atoms with Crippen LogP contribution in [-0.2, 0) is 10.2 Å². The molecule has 1 fully saturated rings. The Hall–Kier alpha value is -3.19. The minimum Gasteiger partial charge on any atom is -0.395 e. The number of halogens is 3. The van der Waals surface area contributed by atoms with E-state index >= 15 is 0 Å². The van der Waals surface area contributed by atoms with E-state index in [1.807, 2.05) is 30.3 Å². The number of nitrogens with one attached hydrogen (secondary N) is 1. The van der Waals surface area contributed by atoms with Gasteiger partial charge in [0.05, 0.1) is 10.4 Å². The lowest BCUT2D eigenvalue weighted by Gasteiger charge is -2.15. The molecule has 30 heavy (non-hydrogen) atoms. The number of amides is 1. The van der Waals surface area contributed by atoms with Crippen molar-refractivity contribution in [1.82, 2.24) is 4.98 Å². The number of alkyl halides is 2. The van der Waals surface area contributed by atoms with Gasteiger partial charge in [-0.25, -0.2) is 4.98 Å². The Bertz CT molecular complexity index is 1130. The summed E-state index contributed by atoms with van der Waals surface area (Å²) in [7, 11) is 0. The number of pyridine rings is 1. The molecular formula is C22H15ClF2N2O3. The van der Waals surface area contributed by atoms with E-state index in [1.54, 1.807) is 12.1 Å². The molecule has 0 atom stereocenters. The predicted octanol–water partition coefficient (Wildman–Crippen LogP) is 5.39. The first-order valence-electron chi connectivity index (χ1n) is 9.29. The zero-order chi connectivity index (χ0) is 20.9. The van der Waals surface area contributed by atoms with Gasteiger partial charge in [-0.3, -0.25) is 4.79 Å². The van der Waals surface area contributed by atoms with Crippen LogP contribution in [0.2, 0.25) is 5.02 Å². The lowest BCUT2D eigenvalue weighted by atomic mass is 9.95. The molecule has 1 aromatic heterocycles. The molecule has 5 nitrogen and oxygen atoms in total. The van der Waals surface area contributed by atoms with Crippen molar-refractivity contribution in [3.63, 3.8) is 0 Å². The highest BCUT2D eigenvalue weighted by Gasteiger charge is 2.51. The highest BCUT2D eigenvalue weighted by molar-refractivity contribution is 6.33. The van der Waals surface area contributed by atoms with Gasteiger partial charge in [-0.05, 0) is 36.6 Å². The molecule has 0 unspecified atom stereocenters. The molecule has 0 bridgehead atoms. The fraction of sp³-hybridized carbons (Fsp3) is 0.182. The van der Waals surface area contributed by atoms with Crippen molar-refractivity contribution in [2.75, 3.05) is 5.32 Å². The van der Waals surface area contributed by atoms with Gasteiger partial charge in [0.25, 0.3) is 0 Å². The van der Waals surface area contributed by atoms with Gasteiger partial charge in [0, 0.05) is 23.4 Å². The number of anilines is 1. The Morgan fingerprint density at radius 1 is 1.03 bits per heavy atom. The van der Waals surface area contributed by atoms with E-state index in [-0.39, 0.29) is 22.4 Å². The number of carbonyl (C=O) groups is 1. The third-order valence-electron chi connectivity index (χ3n) is 5.32. The maximum atomic E-state index is 13.3. The largest absolute Gasteiger partial charge is 0.586 e. The first-order valence-corrected chi connectivity index (χ1v) is 9.67. The lowest BCUT2D eigenvalue weighted by molar-refractivity contribution is -0.286. The number of ether oxygens (including phenoxy) is 2. The Kier molecular flexibility index (Phi) is 4.18. The van der Waals surface area contributed by atoms with Crippen LogP contribution >= 0.6 is 11.6 Å². The van der Waals surface area contributed by atoms with Gasteiger partial charge in [-0.1, -0.05) is 41.9 Å². The van der Waals surface area contributed by atoms with Crippen LogP contribution in [0.25, 0.3) is 11.1 Å². The molecule has 1 N–H and O–H groups in total. The van der Waals surface area contributed by atoms with Crippen molar-refractivity contribution in [3.8, 4) is 22.6 Å². The van der Waals surface area contributed by atoms with Crippen molar-refractivity contribution in [2.24, 2.45) is 0 Å². The molecule has 0 spiro atoms. The van der Waals surface area contributed by atoms with Crippen molar-refractivity contribution in [1.29, 1.82) is 0 Å². The number of nitrogens with zero attached hydrogens (tertiary/aromatic N) is 1.